The molecule has 1 aliphatic carbocycles. The van der Waals surface area contributed by atoms with Gasteiger partial charge in [-0.05, 0) is 36.8 Å². The van der Waals surface area contributed by atoms with Crippen molar-refractivity contribution in [2.45, 2.75) is 45.6 Å². The van der Waals surface area contributed by atoms with Crippen LogP contribution in [0.4, 0.5) is 5.82 Å². The predicted molar refractivity (Wildman–Crippen MR) is 68.4 cm³/mol. The largest absolute Gasteiger partial charge is 0.367 e. The van der Waals surface area contributed by atoms with Crippen molar-refractivity contribution in [2.75, 3.05) is 5.32 Å². The normalized spacial score (nSPS) is 25.7. The van der Waals surface area contributed by atoms with Crippen molar-refractivity contribution >= 4 is 5.82 Å². The Labute approximate surface area is 98.5 Å². The molecule has 1 aliphatic rings. The van der Waals surface area contributed by atoms with Gasteiger partial charge in [0.2, 0.25) is 0 Å². The number of aromatic nitrogens is 1. The summed E-state index contributed by atoms with van der Waals surface area (Å²) in [6, 6.07) is 6.68. The Morgan fingerprint density at radius 3 is 2.75 bits per heavy atom. The van der Waals surface area contributed by atoms with Crippen LogP contribution >= 0.6 is 0 Å². The van der Waals surface area contributed by atoms with Gasteiger partial charge in [0, 0.05) is 12.2 Å². The summed E-state index contributed by atoms with van der Waals surface area (Å²) in [7, 11) is 0. The number of nitrogens with zero attached hydrogens (tertiary/aromatic N) is 1. The molecule has 0 saturated heterocycles. The first-order valence-electron chi connectivity index (χ1n) is 6.45. The molecule has 0 radical (unpaired) electrons. The highest BCUT2D eigenvalue weighted by Gasteiger charge is 2.27. The Kier molecular flexibility index (Phi) is 3.81. The number of rotatable bonds is 3. The van der Waals surface area contributed by atoms with Crippen molar-refractivity contribution in [3.05, 3.63) is 24.4 Å². The number of pyridine rings is 1. The van der Waals surface area contributed by atoms with Crippen molar-refractivity contribution < 1.29 is 0 Å². The van der Waals surface area contributed by atoms with Crippen LogP contribution in [0.25, 0.3) is 0 Å². The average molecular weight is 218 g/mol. The molecule has 2 atom stereocenters. The summed E-state index contributed by atoms with van der Waals surface area (Å²) in [5, 5.41) is 3.60. The molecule has 0 aromatic carbocycles. The monoisotopic (exact) mass is 218 g/mol. The summed E-state index contributed by atoms with van der Waals surface area (Å²) < 4.78 is 0. The van der Waals surface area contributed by atoms with E-state index in [1.54, 1.807) is 0 Å². The van der Waals surface area contributed by atoms with E-state index in [0.717, 1.165) is 17.7 Å². The van der Waals surface area contributed by atoms with Gasteiger partial charge in [0.1, 0.15) is 5.82 Å². The summed E-state index contributed by atoms with van der Waals surface area (Å²) in [6.07, 6.45) is 7.26. The maximum Gasteiger partial charge on any atom is 0.126 e. The van der Waals surface area contributed by atoms with Gasteiger partial charge < -0.3 is 5.32 Å². The van der Waals surface area contributed by atoms with E-state index in [1.165, 1.54) is 25.7 Å². The molecule has 2 rings (SSSR count). The SMILES string of the molecule is CC(C)C1CCCCC1Nc1ccccn1. The zero-order valence-corrected chi connectivity index (χ0v) is 10.3. The minimum atomic E-state index is 0.614. The molecule has 2 unspecified atom stereocenters. The van der Waals surface area contributed by atoms with Crippen molar-refractivity contribution in [1.82, 2.24) is 4.98 Å². The molecule has 0 bridgehead atoms. The Bertz CT molecular complexity index is 308. The van der Waals surface area contributed by atoms with Gasteiger partial charge in [-0.15, -0.1) is 0 Å². The lowest BCUT2D eigenvalue weighted by atomic mass is 9.78. The highest BCUT2D eigenvalue weighted by molar-refractivity contribution is 5.34. The fraction of sp³-hybridized carbons (Fsp3) is 0.643. The van der Waals surface area contributed by atoms with Gasteiger partial charge in [0.05, 0.1) is 0 Å². The quantitative estimate of drug-likeness (QED) is 0.836. The Morgan fingerprint density at radius 2 is 2.06 bits per heavy atom. The van der Waals surface area contributed by atoms with Gasteiger partial charge in [0.25, 0.3) is 0 Å². The summed E-state index contributed by atoms with van der Waals surface area (Å²) in [6.45, 7) is 4.67. The van der Waals surface area contributed by atoms with Crippen molar-refractivity contribution in [3.63, 3.8) is 0 Å². The van der Waals surface area contributed by atoms with E-state index in [2.05, 4.69) is 30.2 Å². The third-order valence-electron chi connectivity index (χ3n) is 3.67. The number of hydrogen-bond acceptors (Lipinski definition) is 2. The van der Waals surface area contributed by atoms with Crippen LogP contribution in [0.2, 0.25) is 0 Å². The second-order valence-electron chi connectivity index (χ2n) is 5.16. The van der Waals surface area contributed by atoms with Gasteiger partial charge in [-0.1, -0.05) is 32.8 Å². The maximum atomic E-state index is 4.36. The Morgan fingerprint density at radius 1 is 1.25 bits per heavy atom. The highest BCUT2D eigenvalue weighted by Crippen LogP contribution is 2.31. The Hall–Kier alpha value is -1.05. The number of hydrogen-bond donors (Lipinski definition) is 1. The first kappa shape index (κ1) is 11.4. The minimum Gasteiger partial charge on any atom is -0.367 e. The van der Waals surface area contributed by atoms with E-state index in [1.807, 2.05) is 18.3 Å². The molecule has 0 spiro atoms. The molecule has 1 heterocycles. The molecule has 1 fully saturated rings. The van der Waals surface area contributed by atoms with E-state index in [4.69, 9.17) is 0 Å². The van der Waals surface area contributed by atoms with Crippen LogP contribution in [0.5, 0.6) is 0 Å². The predicted octanol–water partition coefficient (Wildman–Crippen LogP) is 3.71. The molecular formula is C14H22N2. The van der Waals surface area contributed by atoms with E-state index in [-0.39, 0.29) is 0 Å². The lowest BCUT2D eigenvalue weighted by Crippen LogP contribution is -2.35. The zero-order chi connectivity index (χ0) is 11.4. The fourth-order valence-electron chi connectivity index (χ4n) is 2.77. The Balaban J connectivity index is 2.01. The van der Waals surface area contributed by atoms with Gasteiger partial charge in [-0.25, -0.2) is 4.98 Å². The van der Waals surface area contributed by atoms with Crippen LogP contribution < -0.4 is 5.32 Å². The second-order valence-corrected chi connectivity index (χ2v) is 5.16. The van der Waals surface area contributed by atoms with Crippen LogP contribution in [0.3, 0.4) is 0 Å². The van der Waals surface area contributed by atoms with E-state index >= 15 is 0 Å². The standard InChI is InChI=1S/C14H22N2/c1-11(2)12-7-3-4-8-13(12)16-14-9-5-6-10-15-14/h5-6,9-13H,3-4,7-8H2,1-2H3,(H,15,16). The fourth-order valence-corrected chi connectivity index (χ4v) is 2.77. The first-order chi connectivity index (χ1) is 7.77. The first-order valence-corrected chi connectivity index (χ1v) is 6.45. The second kappa shape index (κ2) is 5.33. The molecule has 1 saturated carbocycles. The molecule has 0 amide bonds. The van der Waals surface area contributed by atoms with Crippen LogP contribution in [-0.2, 0) is 0 Å². The summed E-state index contributed by atoms with van der Waals surface area (Å²) in [5.74, 6) is 2.59. The molecule has 1 aromatic heterocycles. The van der Waals surface area contributed by atoms with Crippen molar-refractivity contribution in [1.29, 1.82) is 0 Å². The lowest BCUT2D eigenvalue weighted by Gasteiger charge is -2.35. The zero-order valence-electron chi connectivity index (χ0n) is 10.3. The van der Waals surface area contributed by atoms with Gasteiger partial charge >= 0.3 is 0 Å². The van der Waals surface area contributed by atoms with Gasteiger partial charge in [-0.2, -0.15) is 0 Å². The maximum absolute atomic E-state index is 4.36. The van der Waals surface area contributed by atoms with E-state index in [9.17, 15) is 0 Å². The number of anilines is 1. The smallest absolute Gasteiger partial charge is 0.126 e. The minimum absolute atomic E-state index is 0.614. The van der Waals surface area contributed by atoms with E-state index in [0.29, 0.717) is 6.04 Å². The third-order valence-corrected chi connectivity index (χ3v) is 3.67. The summed E-state index contributed by atoms with van der Waals surface area (Å²) >= 11 is 0. The lowest BCUT2D eigenvalue weighted by molar-refractivity contribution is 0.253. The number of nitrogens with one attached hydrogen (secondary N) is 1. The molecule has 88 valence electrons. The molecular weight excluding hydrogens is 196 g/mol. The molecule has 16 heavy (non-hydrogen) atoms. The summed E-state index contributed by atoms with van der Waals surface area (Å²) in [4.78, 5) is 4.36. The van der Waals surface area contributed by atoms with E-state index < -0.39 is 0 Å². The third kappa shape index (κ3) is 2.75. The van der Waals surface area contributed by atoms with Crippen molar-refractivity contribution in [3.8, 4) is 0 Å². The van der Waals surface area contributed by atoms with Crippen molar-refractivity contribution in [2.24, 2.45) is 11.8 Å². The van der Waals surface area contributed by atoms with Gasteiger partial charge in [-0.3, -0.25) is 0 Å². The average Bonchev–Trinajstić information content (AvgIpc) is 2.31. The molecule has 1 N–H and O–H groups in total. The topological polar surface area (TPSA) is 24.9 Å². The highest BCUT2D eigenvalue weighted by atomic mass is 15.0. The molecule has 2 heteroatoms. The van der Waals surface area contributed by atoms with Crippen LogP contribution in [0, 0.1) is 11.8 Å². The molecule has 0 aliphatic heterocycles. The van der Waals surface area contributed by atoms with Crippen LogP contribution in [0.1, 0.15) is 39.5 Å². The van der Waals surface area contributed by atoms with Gasteiger partial charge in [0.15, 0.2) is 0 Å². The molecule has 1 aromatic rings. The summed E-state index contributed by atoms with van der Waals surface area (Å²) in [5.41, 5.74) is 0. The van der Waals surface area contributed by atoms with Crippen LogP contribution in [0.15, 0.2) is 24.4 Å². The van der Waals surface area contributed by atoms with Crippen LogP contribution in [-0.4, -0.2) is 11.0 Å². The molecule has 2 nitrogen and oxygen atoms in total.